The standard InChI is InChI=1S/C17H14FN5O3S/c18-10-4-3-9(7-12(10)21-17(25)26)19-13-6-5-11-15(22-13)27-16(20-11)23-14(24)8-1-2-8/h3-8,21H,1-2H2,(H,19,22)(H,25,26)(H,20,23,24). The van der Waals surface area contributed by atoms with Gasteiger partial charge in [0.15, 0.2) is 5.13 Å². The summed E-state index contributed by atoms with van der Waals surface area (Å²) in [5, 5.41) is 17.0. The molecule has 0 atom stereocenters. The van der Waals surface area contributed by atoms with Crippen LogP contribution in [0.4, 0.5) is 31.5 Å². The molecule has 4 N–H and O–H groups in total. The van der Waals surface area contributed by atoms with E-state index in [1.54, 1.807) is 12.1 Å². The van der Waals surface area contributed by atoms with Crippen LogP contribution in [0.5, 0.6) is 0 Å². The number of anilines is 4. The second-order valence-corrected chi connectivity index (χ2v) is 7.03. The van der Waals surface area contributed by atoms with Crippen LogP contribution in [-0.2, 0) is 4.79 Å². The second kappa shape index (κ2) is 6.80. The minimum Gasteiger partial charge on any atom is -0.465 e. The van der Waals surface area contributed by atoms with Crippen molar-refractivity contribution < 1.29 is 19.1 Å². The molecule has 2 amide bonds. The molecule has 0 spiro atoms. The maximum atomic E-state index is 13.6. The predicted molar refractivity (Wildman–Crippen MR) is 100 cm³/mol. The fraction of sp³-hybridized carbons (Fsp3) is 0.176. The van der Waals surface area contributed by atoms with Gasteiger partial charge >= 0.3 is 6.09 Å². The van der Waals surface area contributed by atoms with Gasteiger partial charge in [0.25, 0.3) is 0 Å². The molecule has 1 aromatic carbocycles. The van der Waals surface area contributed by atoms with E-state index in [1.165, 1.54) is 23.5 Å². The summed E-state index contributed by atoms with van der Waals surface area (Å²) in [6.07, 6.45) is 0.481. The summed E-state index contributed by atoms with van der Waals surface area (Å²) in [5.74, 6) is -0.115. The molecular formula is C17H14FN5O3S. The Bertz CT molecular complexity index is 1050. The third-order valence-electron chi connectivity index (χ3n) is 3.91. The predicted octanol–water partition coefficient (Wildman–Crippen LogP) is 4.01. The van der Waals surface area contributed by atoms with Gasteiger partial charge in [0.2, 0.25) is 5.91 Å². The maximum Gasteiger partial charge on any atom is 0.409 e. The number of aromatic nitrogens is 2. The minimum atomic E-state index is -1.35. The van der Waals surface area contributed by atoms with Crippen molar-refractivity contribution in [2.45, 2.75) is 12.8 Å². The van der Waals surface area contributed by atoms with Gasteiger partial charge in [-0.05, 0) is 43.2 Å². The summed E-state index contributed by atoms with van der Waals surface area (Å²) in [4.78, 5) is 32.0. The number of amides is 2. The molecule has 138 valence electrons. The molecule has 0 aliphatic heterocycles. The first kappa shape index (κ1) is 17.2. The number of carboxylic acid groups (broad SMARTS) is 1. The number of pyridine rings is 1. The lowest BCUT2D eigenvalue weighted by atomic mass is 10.2. The van der Waals surface area contributed by atoms with Crippen LogP contribution in [-0.4, -0.2) is 27.1 Å². The van der Waals surface area contributed by atoms with Gasteiger partial charge in [-0.1, -0.05) is 11.3 Å². The van der Waals surface area contributed by atoms with E-state index >= 15 is 0 Å². The number of thiazole rings is 1. The molecule has 27 heavy (non-hydrogen) atoms. The Kier molecular flexibility index (Phi) is 4.32. The van der Waals surface area contributed by atoms with Gasteiger partial charge in [-0.2, -0.15) is 0 Å². The molecule has 1 aliphatic rings. The van der Waals surface area contributed by atoms with E-state index in [1.807, 2.05) is 5.32 Å². The maximum absolute atomic E-state index is 13.6. The van der Waals surface area contributed by atoms with Crippen molar-refractivity contribution in [3.8, 4) is 0 Å². The third kappa shape index (κ3) is 3.95. The number of nitrogens with zero attached hydrogens (tertiary/aromatic N) is 2. The number of benzene rings is 1. The third-order valence-corrected chi connectivity index (χ3v) is 4.79. The van der Waals surface area contributed by atoms with Gasteiger partial charge in [0, 0.05) is 11.6 Å². The zero-order chi connectivity index (χ0) is 19.0. The molecule has 0 radical (unpaired) electrons. The number of carbonyl (C=O) groups excluding carboxylic acids is 1. The monoisotopic (exact) mass is 387 g/mol. The van der Waals surface area contributed by atoms with Crippen molar-refractivity contribution in [1.82, 2.24) is 9.97 Å². The molecule has 8 nitrogen and oxygen atoms in total. The van der Waals surface area contributed by atoms with Gasteiger partial charge in [-0.3, -0.25) is 10.1 Å². The number of hydrogen-bond acceptors (Lipinski definition) is 6. The molecule has 2 heterocycles. The summed E-state index contributed by atoms with van der Waals surface area (Å²) >= 11 is 1.27. The van der Waals surface area contributed by atoms with Crippen LogP contribution in [0, 0.1) is 11.7 Å². The lowest BCUT2D eigenvalue weighted by molar-refractivity contribution is -0.117. The molecule has 3 aromatic rings. The molecule has 4 rings (SSSR count). The SMILES string of the molecule is O=C(O)Nc1cc(Nc2ccc3nc(NC(=O)C4CC4)sc3n2)ccc1F. The lowest BCUT2D eigenvalue weighted by Gasteiger charge is -2.08. The van der Waals surface area contributed by atoms with Crippen molar-refractivity contribution in [2.75, 3.05) is 16.0 Å². The van der Waals surface area contributed by atoms with Crippen LogP contribution in [0.2, 0.25) is 0 Å². The first-order chi connectivity index (χ1) is 13.0. The van der Waals surface area contributed by atoms with E-state index in [0.717, 1.165) is 18.9 Å². The second-order valence-electron chi connectivity index (χ2n) is 6.05. The van der Waals surface area contributed by atoms with Crippen LogP contribution >= 0.6 is 11.3 Å². The lowest BCUT2D eigenvalue weighted by Crippen LogP contribution is -2.12. The van der Waals surface area contributed by atoms with Crippen molar-refractivity contribution in [2.24, 2.45) is 5.92 Å². The highest BCUT2D eigenvalue weighted by atomic mass is 32.1. The van der Waals surface area contributed by atoms with E-state index < -0.39 is 11.9 Å². The Morgan fingerprint density at radius 1 is 1.15 bits per heavy atom. The molecule has 10 heteroatoms. The van der Waals surface area contributed by atoms with Gasteiger partial charge in [0.05, 0.1) is 5.69 Å². The minimum absolute atomic E-state index is 0.0165. The van der Waals surface area contributed by atoms with Crippen LogP contribution in [0.15, 0.2) is 30.3 Å². The van der Waals surface area contributed by atoms with E-state index in [-0.39, 0.29) is 17.5 Å². The Balaban J connectivity index is 1.53. The smallest absolute Gasteiger partial charge is 0.409 e. The largest absolute Gasteiger partial charge is 0.465 e. The highest BCUT2D eigenvalue weighted by Crippen LogP contribution is 2.32. The van der Waals surface area contributed by atoms with E-state index in [9.17, 15) is 14.0 Å². The topological polar surface area (TPSA) is 116 Å². The normalized spacial score (nSPS) is 13.4. The van der Waals surface area contributed by atoms with Gasteiger partial charge in [-0.15, -0.1) is 0 Å². The number of fused-ring (bicyclic) bond motifs is 1. The Labute approximate surface area is 156 Å². The van der Waals surface area contributed by atoms with Crippen LogP contribution < -0.4 is 16.0 Å². The molecule has 1 aliphatic carbocycles. The summed E-state index contributed by atoms with van der Waals surface area (Å²) < 4.78 is 13.6. The molecule has 0 bridgehead atoms. The zero-order valence-corrected chi connectivity index (χ0v) is 14.6. The number of rotatable bonds is 5. The Morgan fingerprint density at radius 2 is 1.96 bits per heavy atom. The molecular weight excluding hydrogens is 373 g/mol. The number of carbonyl (C=O) groups is 2. The van der Waals surface area contributed by atoms with Crippen molar-refractivity contribution in [1.29, 1.82) is 0 Å². The summed E-state index contributed by atoms with van der Waals surface area (Å²) in [5.41, 5.74) is 0.971. The molecule has 0 saturated heterocycles. The fourth-order valence-corrected chi connectivity index (χ4v) is 3.30. The summed E-state index contributed by atoms with van der Waals surface area (Å²) in [6.45, 7) is 0. The van der Waals surface area contributed by atoms with Crippen molar-refractivity contribution >= 4 is 56.0 Å². The first-order valence-electron chi connectivity index (χ1n) is 8.13. The van der Waals surface area contributed by atoms with Crippen LogP contribution in [0.1, 0.15) is 12.8 Å². The van der Waals surface area contributed by atoms with Crippen molar-refractivity contribution in [3.63, 3.8) is 0 Å². The Hall–Kier alpha value is -3.27. The number of nitrogens with one attached hydrogen (secondary N) is 3. The van der Waals surface area contributed by atoms with Gasteiger partial charge in [0.1, 0.15) is 22.0 Å². The molecule has 0 unspecified atom stereocenters. The molecule has 1 saturated carbocycles. The summed E-state index contributed by atoms with van der Waals surface area (Å²) in [6, 6.07) is 7.42. The fourth-order valence-electron chi connectivity index (χ4n) is 2.46. The van der Waals surface area contributed by atoms with Crippen LogP contribution in [0.3, 0.4) is 0 Å². The van der Waals surface area contributed by atoms with Gasteiger partial charge < -0.3 is 15.7 Å². The quantitative estimate of drug-likeness (QED) is 0.526. The average molecular weight is 387 g/mol. The molecule has 2 aromatic heterocycles. The van der Waals surface area contributed by atoms with Gasteiger partial charge in [-0.25, -0.2) is 19.2 Å². The Morgan fingerprint density at radius 3 is 2.70 bits per heavy atom. The van der Waals surface area contributed by atoms with E-state index in [2.05, 4.69) is 20.6 Å². The van der Waals surface area contributed by atoms with E-state index in [4.69, 9.17) is 5.11 Å². The van der Waals surface area contributed by atoms with Crippen molar-refractivity contribution in [3.05, 3.63) is 36.1 Å². The zero-order valence-electron chi connectivity index (χ0n) is 13.8. The van der Waals surface area contributed by atoms with Crippen LogP contribution in [0.25, 0.3) is 10.3 Å². The summed E-state index contributed by atoms with van der Waals surface area (Å²) in [7, 11) is 0. The average Bonchev–Trinajstić information content (AvgIpc) is 3.39. The number of halogens is 1. The highest BCUT2D eigenvalue weighted by molar-refractivity contribution is 7.22. The first-order valence-corrected chi connectivity index (χ1v) is 8.94. The highest BCUT2D eigenvalue weighted by Gasteiger charge is 2.30. The van der Waals surface area contributed by atoms with E-state index in [0.29, 0.717) is 27.0 Å². The molecule has 1 fully saturated rings. The number of hydrogen-bond donors (Lipinski definition) is 4.